The molecule has 5 atom stereocenters. The number of nitrogens with one attached hydrogen (secondary N) is 1. The highest BCUT2D eigenvalue weighted by Crippen LogP contribution is 2.41. The monoisotopic (exact) mass is 319 g/mol. The first kappa shape index (κ1) is 15.7. The fraction of sp³-hybridized carbons (Fsp3) is 0.545. The van der Waals surface area contributed by atoms with Gasteiger partial charge in [-0.2, -0.15) is 4.98 Å². The Bertz CT molecular complexity index is 708. The van der Waals surface area contributed by atoms with Crippen LogP contribution in [0.5, 0.6) is 0 Å². The second-order valence-electron chi connectivity index (χ2n) is 4.51. The number of hydrogen-bond donors (Lipinski definition) is 3. The van der Waals surface area contributed by atoms with Crippen molar-refractivity contribution in [2.24, 2.45) is 0 Å². The van der Waals surface area contributed by atoms with Crippen LogP contribution in [-0.4, -0.2) is 48.7 Å². The van der Waals surface area contributed by atoms with Crippen LogP contribution in [0.15, 0.2) is 15.9 Å². The molecule has 21 heavy (non-hydrogen) atoms. The summed E-state index contributed by atoms with van der Waals surface area (Å²) in [6, 6.07) is 0. The number of H-pyrrole nitrogens is 1. The lowest BCUT2D eigenvalue weighted by molar-refractivity contribution is -0.0807. The third kappa shape index (κ3) is 2.58. The average molecular weight is 320 g/mol. The lowest BCUT2D eigenvalue weighted by Gasteiger charge is -2.23. The largest absolute Gasteiger partial charge is 0.391 e. The van der Waals surface area contributed by atoms with Crippen molar-refractivity contribution in [3.8, 4) is 11.3 Å². The number of rotatable bonds is 2. The summed E-state index contributed by atoms with van der Waals surface area (Å²) in [5.41, 5.74) is -4.68. The lowest BCUT2D eigenvalue weighted by atomic mass is 9.95. The van der Waals surface area contributed by atoms with Crippen LogP contribution in [0.3, 0.4) is 0 Å². The van der Waals surface area contributed by atoms with Gasteiger partial charge in [0.1, 0.15) is 18.5 Å². The van der Waals surface area contributed by atoms with Crippen molar-refractivity contribution < 1.29 is 19.3 Å². The molecule has 1 aliphatic heterocycles. The number of aromatic nitrogens is 3. The van der Waals surface area contributed by atoms with Crippen LogP contribution in [0.2, 0.25) is 0 Å². The molecule has 1 saturated heterocycles. The maximum Gasteiger partial charge on any atom is 0.350 e. The summed E-state index contributed by atoms with van der Waals surface area (Å²) in [7, 11) is 0. The van der Waals surface area contributed by atoms with Crippen LogP contribution in [-0.2, 0) is 4.74 Å². The number of ether oxygens (including phenoxy) is 1. The summed E-state index contributed by atoms with van der Waals surface area (Å²) in [6.45, 7) is 1.28. The molecule has 0 bridgehead atoms. The van der Waals surface area contributed by atoms with Crippen molar-refractivity contribution in [3.05, 3.63) is 27.3 Å². The molecule has 3 N–H and O–H groups in total. The molecule has 0 aromatic carbocycles. The second kappa shape index (κ2) is 5.57. The molecular weight excluding hydrogens is 309 g/mol. The fourth-order valence-electron chi connectivity index (χ4n) is 2.08. The summed E-state index contributed by atoms with van der Waals surface area (Å²) in [6.07, 6.45) is -5.39. The topological polar surface area (TPSA) is 117 Å². The molecule has 10 heteroatoms. The van der Waals surface area contributed by atoms with Gasteiger partial charge >= 0.3 is 11.4 Å². The van der Waals surface area contributed by atoms with Crippen LogP contribution in [0.4, 0.5) is 4.39 Å². The van der Waals surface area contributed by atoms with Crippen molar-refractivity contribution in [1.82, 2.24) is 14.5 Å². The summed E-state index contributed by atoms with van der Waals surface area (Å²) in [5, 5.41) is 21.3. The third-order valence-corrected chi connectivity index (χ3v) is 3.20. The predicted octanol–water partition coefficient (Wildman–Crippen LogP) is -1.52. The fourth-order valence-corrected chi connectivity index (χ4v) is 2.23. The maximum atomic E-state index is 14.9. The molecule has 0 saturated carbocycles. The number of alkyl halides is 1. The molecule has 1 aromatic rings. The van der Waals surface area contributed by atoms with Gasteiger partial charge in [-0.15, -0.1) is 0 Å². The molecular formula is C11H11ClFN3O5. The van der Waals surface area contributed by atoms with Crippen molar-refractivity contribution in [3.63, 3.8) is 0 Å². The lowest BCUT2D eigenvalue weighted by Crippen LogP contribution is -2.46. The molecule has 1 fully saturated rings. The van der Waals surface area contributed by atoms with E-state index in [1.54, 1.807) is 5.38 Å². The number of halogens is 2. The van der Waals surface area contributed by atoms with E-state index >= 15 is 0 Å². The number of nitrogens with zero attached hydrogens (tertiary/aromatic N) is 2. The molecule has 1 unspecified atom stereocenters. The molecule has 0 radical (unpaired) electrons. The minimum Gasteiger partial charge on any atom is -0.391 e. The minimum atomic E-state index is -2.76. The van der Waals surface area contributed by atoms with Gasteiger partial charge in [0.25, 0.3) is 0 Å². The van der Waals surface area contributed by atoms with Gasteiger partial charge in [-0.1, -0.05) is 0 Å². The summed E-state index contributed by atoms with van der Waals surface area (Å²) >= 11 is 5.19. The quantitative estimate of drug-likeness (QED) is 0.570. The molecule has 1 aliphatic rings. The van der Waals surface area contributed by atoms with E-state index in [-0.39, 0.29) is 0 Å². The van der Waals surface area contributed by atoms with Crippen LogP contribution >= 0.6 is 11.6 Å². The standard InChI is InChI=1S/C11H11ClFN3O5/c1-5(17)6-7(18)11(13,2-3-12)8(21-6)16-4-14-9(19)15-10(16)20/h4-8,17-18H,1H3,(H,15,19,20)/t5-,6+,7?,8+,11+/m0/s1. The van der Waals surface area contributed by atoms with E-state index in [9.17, 15) is 24.2 Å². The van der Waals surface area contributed by atoms with E-state index in [1.807, 2.05) is 10.9 Å². The van der Waals surface area contributed by atoms with Gasteiger partial charge in [0, 0.05) is 5.38 Å². The van der Waals surface area contributed by atoms with E-state index in [0.717, 1.165) is 6.33 Å². The summed E-state index contributed by atoms with van der Waals surface area (Å²) < 4.78 is 20.7. The first-order chi connectivity index (χ1) is 9.81. The molecule has 0 spiro atoms. The Balaban J connectivity index is 2.56. The van der Waals surface area contributed by atoms with Gasteiger partial charge in [0.05, 0.1) is 6.10 Å². The predicted molar refractivity (Wildman–Crippen MR) is 68.2 cm³/mol. The van der Waals surface area contributed by atoms with Crippen molar-refractivity contribution in [2.45, 2.75) is 37.1 Å². The summed E-state index contributed by atoms with van der Waals surface area (Å²) in [4.78, 5) is 27.7. The van der Waals surface area contributed by atoms with Gasteiger partial charge in [-0.3, -0.25) is 9.55 Å². The highest BCUT2D eigenvalue weighted by atomic mass is 35.5. The number of hydrogen-bond acceptors (Lipinski definition) is 6. The molecule has 2 heterocycles. The second-order valence-corrected chi connectivity index (χ2v) is 4.70. The van der Waals surface area contributed by atoms with Gasteiger partial charge in [-0.05, 0) is 24.4 Å². The van der Waals surface area contributed by atoms with Crippen LogP contribution in [0, 0.1) is 11.3 Å². The smallest absolute Gasteiger partial charge is 0.350 e. The molecule has 1 aromatic heterocycles. The van der Waals surface area contributed by atoms with E-state index < -0.39 is 41.6 Å². The first-order valence-corrected chi connectivity index (χ1v) is 6.20. The van der Waals surface area contributed by atoms with E-state index in [1.165, 1.54) is 6.92 Å². The number of aliphatic hydroxyl groups is 2. The number of aliphatic hydroxyl groups excluding tert-OH is 2. The van der Waals surface area contributed by atoms with Gasteiger partial charge < -0.3 is 14.9 Å². The molecule has 114 valence electrons. The molecule has 2 rings (SSSR count). The van der Waals surface area contributed by atoms with Crippen molar-refractivity contribution in [2.75, 3.05) is 0 Å². The Hall–Kier alpha value is -1.73. The van der Waals surface area contributed by atoms with E-state index in [4.69, 9.17) is 16.3 Å². The first-order valence-electron chi connectivity index (χ1n) is 5.82. The summed E-state index contributed by atoms with van der Waals surface area (Å²) in [5.74, 6) is 1.93. The van der Waals surface area contributed by atoms with Gasteiger partial charge in [0.2, 0.25) is 5.67 Å². The minimum absolute atomic E-state index is 0.619. The van der Waals surface area contributed by atoms with Crippen LogP contribution < -0.4 is 11.4 Å². The molecule has 8 nitrogen and oxygen atoms in total. The highest BCUT2D eigenvalue weighted by Gasteiger charge is 2.59. The Morgan fingerprint density at radius 2 is 2.33 bits per heavy atom. The number of aromatic amines is 1. The zero-order chi connectivity index (χ0) is 15.8. The third-order valence-electron chi connectivity index (χ3n) is 3.10. The molecule has 0 amide bonds. The Morgan fingerprint density at radius 3 is 2.86 bits per heavy atom. The average Bonchev–Trinajstić information content (AvgIpc) is 2.64. The Morgan fingerprint density at radius 1 is 1.67 bits per heavy atom. The van der Waals surface area contributed by atoms with E-state index in [0.29, 0.717) is 4.57 Å². The van der Waals surface area contributed by atoms with Crippen LogP contribution in [0.1, 0.15) is 13.2 Å². The molecule has 0 aliphatic carbocycles. The van der Waals surface area contributed by atoms with Gasteiger partial charge in [-0.25, -0.2) is 14.0 Å². The van der Waals surface area contributed by atoms with Gasteiger partial charge in [0.15, 0.2) is 6.23 Å². The highest BCUT2D eigenvalue weighted by molar-refractivity contribution is 6.30. The zero-order valence-electron chi connectivity index (χ0n) is 10.7. The SMILES string of the molecule is C[C@H](O)[C@H]1O[C@@H](n2cnc(=O)[nH]c2=O)[C@@](F)(C#CCl)C1O. The Kier molecular flexibility index (Phi) is 4.15. The van der Waals surface area contributed by atoms with Crippen molar-refractivity contribution >= 4 is 11.6 Å². The van der Waals surface area contributed by atoms with E-state index in [2.05, 4.69) is 4.98 Å². The van der Waals surface area contributed by atoms with Crippen LogP contribution in [0.25, 0.3) is 0 Å². The zero-order valence-corrected chi connectivity index (χ0v) is 11.4. The van der Waals surface area contributed by atoms with Crippen molar-refractivity contribution in [1.29, 1.82) is 0 Å². The maximum absolute atomic E-state index is 14.9. The Labute approximate surface area is 122 Å². The normalized spacial score (nSPS) is 33.3.